The Balaban J connectivity index is 1.77. The van der Waals surface area contributed by atoms with Crippen LogP contribution in [0.25, 0.3) is 11.0 Å². The molecule has 1 aromatic heterocycles. The first kappa shape index (κ1) is 24.1. The van der Waals surface area contributed by atoms with Crippen LogP contribution in [-0.4, -0.2) is 21.6 Å². The number of esters is 1. The lowest BCUT2D eigenvalue weighted by molar-refractivity contribution is -0.131. The van der Waals surface area contributed by atoms with Crippen molar-refractivity contribution in [2.75, 3.05) is 5.32 Å². The topological polar surface area (TPSA) is 65.4 Å². The number of imidazole rings is 1. The van der Waals surface area contributed by atoms with Crippen LogP contribution in [0.2, 0.25) is 0 Å². The molecule has 6 heteroatoms. The molecule has 0 unspecified atom stereocenters. The van der Waals surface area contributed by atoms with Crippen LogP contribution in [0.15, 0.2) is 36.4 Å². The first-order chi connectivity index (χ1) is 16.0. The van der Waals surface area contributed by atoms with Crippen LogP contribution < -0.4 is 14.8 Å². The third kappa shape index (κ3) is 5.37. The predicted octanol–water partition coefficient (Wildman–Crippen LogP) is 7.19. The van der Waals surface area contributed by atoms with Crippen LogP contribution in [0, 0.1) is 18.3 Å². The Hall–Kier alpha value is -3.02. The Labute approximate surface area is 202 Å². The molecular weight excluding hydrogens is 426 g/mol. The van der Waals surface area contributed by atoms with Crippen molar-refractivity contribution in [1.29, 1.82) is 0 Å². The van der Waals surface area contributed by atoms with E-state index in [4.69, 9.17) is 14.5 Å². The number of nitrogens with zero attached hydrogens (tertiary/aromatic N) is 2. The van der Waals surface area contributed by atoms with E-state index in [0.717, 1.165) is 46.8 Å². The molecule has 0 amide bonds. The number of carbonyl (C=O) groups excluding carboxylic acids is 1. The van der Waals surface area contributed by atoms with E-state index in [-0.39, 0.29) is 17.5 Å². The van der Waals surface area contributed by atoms with Crippen molar-refractivity contribution in [3.63, 3.8) is 0 Å². The van der Waals surface area contributed by atoms with Gasteiger partial charge >= 0.3 is 5.97 Å². The highest BCUT2D eigenvalue weighted by molar-refractivity contribution is 5.84. The Bertz CT molecular complexity index is 1180. The first-order valence-electron chi connectivity index (χ1n) is 12.3. The Kier molecular flexibility index (Phi) is 6.61. The second-order valence-corrected chi connectivity index (χ2v) is 10.9. The van der Waals surface area contributed by atoms with Crippen LogP contribution in [-0.2, 0) is 4.79 Å². The number of ether oxygens (including phenoxy) is 2. The van der Waals surface area contributed by atoms with Gasteiger partial charge in [-0.15, -0.1) is 0 Å². The summed E-state index contributed by atoms with van der Waals surface area (Å²) < 4.78 is 13.6. The Morgan fingerprint density at radius 3 is 2.50 bits per heavy atom. The SMILES string of the molecule is CC(=O)Oc1cc2nc(Nc3ccc(OC(C)C)cc3)n([C@H]3C[C@@H](C)CC(C)(C)C3)c2cc1C. The van der Waals surface area contributed by atoms with E-state index in [1.54, 1.807) is 0 Å². The minimum atomic E-state index is -0.327. The molecule has 0 saturated heterocycles. The highest BCUT2D eigenvalue weighted by Crippen LogP contribution is 2.46. The maximum atomic E-state index is 11.6. The molecule has 4 rings (SSSR count). The smallest absolute Gasteiger partial charge is 0.308 e. The lowest BCUT2D eigenvalue weighted by Crippen LogP contribution is -2.29. The summed E-state index contributed by atoms with van der Waals surface area (Å²) in [4.78, 5) is 16.6. The Morgan fingerprint density at radius 2 is 1.88 bits per heavy atom. The number of hydrogen-bond donors (Lipinski definition) is 1. The summed E-state index contributed by atoms with van der Waals surface area (Å²) >= 11 is 0. The quantitative estimate of drug-likeness (QED) is 0.310. The summed E-state index contributed by atoms with van der Waals surface area (Å²) in [5.74, 6) is 2.52. The molecule has 34 heavy (non-hydrogen) atoms. The molecule has 1 saturated carbocycles. The molecule has 0 spiro atoms. The van der Waals surface area contributed by atoms with Crippen LogP contribution in [0.5, 0.6) is 11.5 Å². The zero-order valence-corrected chi connectivity index (χ0v) is 21.4. The van der Waals surface area contributed by atoms with E-state index in [1.165, 1.54) is 13.3 Å². The lowest BCUT2D eigenvalue weighted by atomic mass is 9.70. The molecule has 2 aromatic carbocycles. The van der Waals surface area contributed by atoms with Crippen molar-refractivity contribution < 1.29 is 14.3 Å². The highest BCUT2D eigenvalue weighted by atomic mass is 16.5. The van der Waals surface area contributed by atoms with Gasteiger partial charge in [0.25, 0.3) is 0 Å². The summed E-state index contributed by atoms with van der Waals surface area (Å²) in [7, 11) is 0. The summed E-state index contributed by atoms with van der Waals surface area (Å²) in [5.41, 5.74) is 4.02. The third-order valence-electron chi connectivity index (χ3n) is 6.45. The van der Waals surface area contributed by atoms with Crippen LogP contribution in [0.3, 0.4) is 0 Å². The number of aromatic nitrogens is 2. The van der Waals surface area contributed by atoms with Crippen LogP contribution in [0.1, 0.15) is 72.4 Å². The van der Waals surface area contributed by atoms with Crippen molar-refractivity contribution in [1.82, 2.24) is 9.55 Å². The zero-order chi connectivity index (χ0) is 24.6. The molecule has 3 aromatic rings. The fraction of sp³-hybridized carbons (Fsp3) is 0.500. The summed E-state index contributed by atoms with van der Waals surface area (Å²) in [6, 6.07) is 12.3. The fourth-order valence-electron chi connectivity index (χ4n) is 5.46. The molecule has 0 bridgehead atoms. The van der Waals surface area contributed by atoms with E-state index >= 15 is 0 Å². The predicted molar refractivity (Wildman–Crippen MR) is 137 cm³/mol. The van der Waals surface area contributed by atoms with Crippen molar-refractivity contribution >= 4 is 28.6 Å². The van der Waals surface area contributed by atoms with Crippen LogP contribution in [0.4, 0.5) is 11.6 Å². The number of aryl methyl sites for hydroxylation is 1. The number of benzene rings is 2. The lowest BCUT2D eigenvalue weighted by Gasteiger charge is -2.40. The van der Waals surface area contributed by atoms with E-state index in [0.29, 0.717) is 17.7 Å². The maximum absolute atomic E-state index is 11.6. The van der Waals surface area contributed by atoms with Gasteiger partial charge in [0.05, 0.1) is 17.1 Å². The largest absolute Gasteiger partial charge is 0.491 e. The molecule has 1 N–H and O–H groups in total. The van der Waals surface area contributed by atoms with Crippen molar-refractivity contribution in [2.45, 2.75) is 79.9 Å². The number of anilines is 2. The maximum Gasteiger partial charge on any atom is 0.308 e. The average molecular weight is 464 g/mol. The highest BCUT2D eigenvalue weighted by Gasteiger charge is 2.34. The van der Waals surface area contributed by atoms with Gasteiger partial charge in [-0.3, -0.25) is 4.79 Å². The van der Waals surface area contributed by atoms with Crippen molar-refractivity contribution in [3.8, 4) is 11.5 Å². The van der Waals surface area contributed by atoms with Gasteiger partial charge in [-0.05, 0) is 87.3 Å². The minimum absolute atomic E-state index is 0.134. The summed E-state index contributed by atoms with van der Waals surface area (Å²) in [5, 5.41) is 3.55. The fourth-order valence-corrected chi connectivity index (χ4v) is 5.46. The number of hydrogen-bond acceptors (Lipinski definition) is 5. The zero-order valence-electron chi connectivity index (χ0n) is 21.4. The van der Waals surface area contributed by atoms with Gasteiger partial charge in [0.2, 0.25) is 5.95 Å². The van der Waals surface area contributed by atoms with E-state index in [9.17, 15) is 4.79 Å². The van der Waals surface area contributed by atoms with Gasteiger partial charge in [0, 0.05) is 24.7 Å². The molecular formula is C28H37N3O3. The molecule has 2 atom stereocenters. The second kappa shape index (κ2) is 9.32. The van der Waals surface area contributed by atoms with E-state index in [2.05, 4.69) is 36.7 Å². The van der Waals surface area contributed by atoms with E-state index < -0.39 is 0 Å². The first-order valence-corrected chi connectivity index (χ1v) is 12.3. The normalized spacial score (nSPS) is 19.9. The minimum Gasteiger partial charge on any atom is -0.491 e. The third-order valence-corrected chi connectivity index (χ3v) is 6.45. The number of carbonyl (C=O) groups is 1. The molecule has 1 aliphatic rings. The standard InChI is InChI=1S/C28H37N3O3/c1-17(2)33-23-10-8-21(9-11-23)29-27-30-24-14-26(34-20(5)32)19(4)13-25(24)31(27)22-12-18(3)15-28(6,7)16-22/h8-11,13-14,17-18,22H,12,15-16H2,1-7H3,(H,29,30)/t18-,22+/m1/s1. The average Bonchev–Trinajstić information content (AvgIpc) is 3.04. The molecule has 182 valence electrons. The van der Waals surface area contributed by atoms with Gasteiger partial charge in [-0.25, -0.2) is 4.98 Å². The second-order valence-electron chi connectivity index (χ2n) is 10.9. The van der Waals surface area contributed by atoms with Gasteiger partial charge in [-0.1, -0.05) is 20.8 Å². The molecule has 1 heterocycles. The van der Waals surface area contributed by atoms with Gasteiger partial charge < -0.3 is 19.4 Å². The molecule has 1 aliphatic carbocycles. The molecule has 1 fully saturated rings. The van der Waals surface area contributed by atoms with E-state index in [1.807, 2.05) is 51.1 Å². The molecule has 0 aliphatic heterocycles. The summed E-state index contributed by atoms with van der Waals surface area (Å²) in [6.07, 6.45) is 3.55. The van der Waals surface area contributed by atoms with Gasteiger partial charge in [0.15, 0.2) is 0 Å². The van der Waals surface area contributed by atoms with Crippen molar-refractivity contribution in [3.05, 3.63) is 42.0 Å². The molecule has 6 nitrogen and oxygen atoms in total. The number of rotatable bonds is 6. The van der Waals surface area contributed by atoms with Crippen molar-refractivity contribution in [2.24, 2.45) is 11.3 Å². The monoisotopic (exact) mass is 463 g/mol. The van der Waals surface area contributed by atoms with Gasteiger partial charge in [0.1, 0.15) is 11.5 Å². The Morgan fingerprint density at radius 1 is 1.18 bits per heavy atom. The molecule has 0 radical (unpaired) electrons. The number of fused-ring (bicyclic) bond motifs is 1. The van der Waals surface area contributed by atoms with Crippen LogP contribution >= 0.6 is 0 Å². The van der Waals surface area contributed by atoms with Gasteiger partial charge in [-0.2, -0.15) is 0 Å². The number of nitrogens with one attached hydrogen (secondary N) is 1. The summed E-state index contributed by atoms with van der Waals surface area (Å²) in [6.45, 7) is 14.5.